The molecular formula is C27H56O4. The molecule has 2 aliphatic rings. The normalized spacial score (nSPS) is 28.5. The van der Waals surface area contributed by atoms with E-state index in [1.165, 1.54) is 25.7 Å². The van der Waals surface area contributed by atoms with Crippen LogP contribution < -0.4 is 0 Å². The van der Waals surface area contributed by atoms with Gasteiger partial charge in [0.05, 0.1) is 37.6 Å². The lowest BCUT2D eigenvalue weighted by atomic mass is 9.60. The Kier molecular flexibility index (Phi) is 17.2. The van der Waals surface area contributed by atoms with Crippen LogP contribution in [0.4, 0.5) is 0 Å². The lowest BCUT2D eigenvalue weighted by molar-refractivity contribution is -0.0603. The van der Waals surface area contributed by atoms with Crippen molar-refractivity contribution in [3.63, 3.8) is 0 Å². The molecule has 0 spiro atoms. The zero-order valence-electron chi connectivity index (χ0n) is 22.2. The maximum atomic E-state index is 9.69. The molecule has 2 atom stereocenters. The second kappa shape index (κ2) is 17.3. The fourth-order valence-electron chi connectivity index (χ4n) is 5.01. The third kappa shape index (κ3) is 11.0. The van der Waals surface area contributed by atoms with Crippen molar-refractivity contribution in [1.29, 1.82) is 0 Å². The van der Waals surface area contributed by atoms with Gasteiger partial charge in [0.2, 0.25) is 0 Å². The van der Waals surface area contributed by atoms with E-state index in [1.807, 2.05) is 41.5 Å². The standard InChI is InChI=1S/C23H44O4.2C2H6/c1-5-19(24)15-26-21-11-7-17(8-12-21)23(3,4)18-9-13-22(14-10-18)27-16-20(25)6-2;2*1-2/h17-22,24-25H,5-16H2,1-4H3;2*1-2H3. The van der Waals surface area contributed by atoms with Gasteiger partial charge in [0.15, 0.2) is 0 Å². The number of aliphatic hydroxyl groups excluding tert-OH is 2. The maximum Gasteiger partial charge on any atom is 0.0771 e. The summed E-state index contributed by atoms with van der Waals surface area (Å²) in [5.41, 5.74) is 0.377. The number of hydrogen-bond donors (Lipinski definition) is 2. The van der Waals surface area contributed by atoms with Crippen molar-refractivity contribution in [2.24, 2.45) is 17.3 Å². The Morgan fingerprint density at radius 1 is 0.645 bits per heavy atom. The minimum Gasteiger partial charge on any atom is -0.391 e. The molecule has 0 bridgehead atoms. The Morgan fingerprint density at radius 2 is 0.935 bits per heavy atom. The first kappa shape index (κ1) is 30.8. The first-order valence-electron chi connectivity index (χ1n) is 13.5. The molecule has 4 nitrogen and oxygen atoms in total. The third-order valence-corrected chi connectivity index (χ3v) is 7.44. The van der Waals surface area contributed by atoms with Crippen molar-refractivity contribution in [2.75, 3.05) is 13.2 Å². The summed E-state index contributed by atoms with van der Waals surface area (Å²) < 4.78 is 11.8. The molecule has 4 heteroatoms. The predicted molar refractivity (Wildman–Crippen MR) is 132 cm³/mol. The summed E-state index contributed by atoms with van der Waals surface area (Å²) in [6.07, 6.45) is 11.1. The van der Waals surface area contributed by atoms with E-state index < -0.39 is 0 Å². The summed E-state index contributed by atoms with van der Waals surface area (Å²) >= 11 is 0. The van der Waals surface area contributed by atoms with Gasteiger partial charge in [-0.05, 0) is 81.5 Å². The first-order chi connectivity index (χ1) is 14.9. The van der Waals surface area contributed by atoms with E-state index in [4.69, 9.17) is 9.47 Å². The van der Waals surface area contributed by atoms with Crippen LogP contribution in [0.1, 0.15) is 120 Å². The van der Waals surface area contributed by atoms with Gasteiger partial charge in [-0.15, -0.1) is 0 Å². The van der Waals surface area contributed by atoms with Gasteiger partial charge in [0.1, 0.15) is 0 Å². The van der Waals surface area contributed by atoms with Crippen LogP contribution >= 0.6 is 0 Å². The van der Waals surface area contributed by atoms with Crippen LogP contribution in [0.3, 0.4) is 0 Å². The highest BCUT2D eigenvalue weighted by atomic mass is 16.5. The molecule has 0 aromatic carbocycles. The van der Waals surface area contributed by atoms with Gasteiger partial charge >= 0.3 is 0 Å². The average molecular weight is 445 g/mol. The van der Waals surface area contributed by atoms with E-state index in [0.717, 1.165) is 50.4 Å². The second-order valence-electron chi connectivity index (χ2n) is 9.56. The van der Waals surface area contributed by atoms with Gasteiger partial charge in [0, 0.05) is 0 Å². The van der Waals surface area contributed by atoms with Crippen molar-refractivity contribution >= 4 is 0 Å². The molecule has 0 saturated heterocycles. The van der Waals surface area contributed by atoms with Gasteiger partial charge in [-0.25, -0.2) is 0 Å². The average Bonchev–Trinajstić information content (AvgIpc) is 2.84. The molecule has 0 amide bonds. The van der Waals surface area contributed by atoms with Crippen molar-refractivity contribution in [2.45, 2.75) is 144 Å². The van der Waals surface area contributed by atoms with Crippen molar-refractivity contribution in [3.8, 4) is 0 Å². The predicted octanol–water partition coefficient (Wildman–Crippen LogP) is 6.76. The molecule has 2 rings (SSSR count). The highest BCUT2D eigenvalue weighted by molar-refractivity contribution is 4.91. The summed E-state index contributed by atoms with van der Waals surface area (Å²) in [6.45, 7) is 17.9. The van der Waals surface area contributed by atoms with E-state index in [1.54, 1.807) is 0 Å². The Hall–Kier alpha value is -0.160. The van der Waals surface area contributed by atoms with Crippen molar-refractivity contribution < 1.29 is 19.7 Å². The minimum atomic E-state index is -0.310. The largest absolute Gasteiger partial charge is 0.391 e. The Balaban J connectivity index is 0.00000212. The summed E-state index contributed by atoms with van der Waals surface area (Å²) in [5, 5.41) is 19.4. The number of rotatable bonds is 10. The van der Waals surface area contributed by atoms with Gasteiger partial charge < -0.3 is 19.7 Å². The molecule has 2 aliphatic carbocycles. The van der Waals surface area contributed by atoms with Crippen LogP contribution in [0.15, 0.2) is 0 Å². The van der Waals surface area contributed by atoms with E-state index in [0.29, 0.717) is 30.8 Å². The van der Waals surface area contributed by atoms with Crippen LogP contribution in [-0.4, -0.2) is 47.8 Å². The lowest BCUT2D eigenvalue weighted by Crippen LogP contribution is -2.39. The van der Waals surface area contributed by atoms with Crippen LogP contribution in [-0.2, 0) is 9.47 Å². The van der Waals surface area contributed by atoms with E-state index >= 15 is 0 Å². The lowest BCUT2D eigenvalue weighted by Gasteiger charge is -2.46. The zero-order valence-corrected chi connectivity index (χ0v) is 22.2. The fourth-order valence-corrected chi connectivity index (χ4v) is 5.01. The molecule has 2 N–H and O–H groups in total. The quantitative estimate of drug-likeness (QED) is 0.391. The third-order valence-electron chi connectivity index (χ3n) is 7.44. The molecule has 31 heavy (non-hydrogen) atoms. The smallest absolute Gasteiger partial charge is 0.0771 e. The highest BCUT2D eigenvalue weighted by Gasteiger charge is 2.40. The topological polar surface area (TPSA) is 58.9 Å². The number of hydrogen-bond acceptors (Lipinski definition) is 4. The van der Waals surface area contributed by atoms with Crippen molar-refractivity contribution in [3.05, 3.63) is 0 Å². The van der Waals surface area contributed by atoms with E-state index in [2.05, 4.69) is 13.8 Å². The Bertz CT molecular complexity index is 360. The molecule has 0 radical (unpaired) electrons. The van der Waals surface area contributed by atoms with Crippen LogP contribution in [0, 0.1) is 17.3 Å². The molecule has 2 saturated carbocycles. The SMILES string of the molecule is CC.CC.CCC(O)COC1CCC(C(C)(C)C2CCC(OCC(O)CC)CC2)CC1. The van der Waals surface area contributed by atoms with Gasteiger partial charge in [0.25, 0.3) is 0 Å². The van der Waals surface area contributed by atoms with Crippen molar-refractivity contribution in [1.82, 2.24) is 0 Å². The van der Waals surface area contributed by atoms with Gasteiger partial charge in [-0.2, -0.15) is 0 Å². The summed E-state index contributed by atoms with van der Waals surface area (Å²) in [7, 11) is 0. The summed E-state index contributed by atoms with van der Waals surface area (Å²) in [4.78, 5) is 0. The van der Waals surface area contributed by atoms with Gasteiger partial charge in [-0.3, -0.25) is 0 Å². The second-order valence-corrected chi connectivity index (χ2v) is 9.56. The number of ether oxygens (including phenoxy) is 2. The molecule has 0 aromatic heterocycles. The van der Waals surface area contributed by atoms with Crippen LogP contribution in [0.25, 0.3) is 0 Å². The molecular weight excluding hydrogens is 388 g/mol. The molecule has 0 aliphatic heterocycles. The Morgan fingerprint density at radius 3 is 1.19 bits per heavy atom. The van der Waals surface area contributed by atoms with Crippen LogP contribution in [0.5, 0.6) is 0 Å². The first-order valence-corrected chi connectivity index (χ1v) is 13.5. The molecule has 2 unspecified atom stereocenters. The monoisotopic (exact) mass is 444 g/mol. The summed E-state index contributed by atoms with van der Waals surface area (Å²) in [5.74, 6) is 1.55. The maximum absolute atomic E-state index is 9.69. The Labute approximate surface area is 194 Å². The van der Waals surface area contributed by atoms with E-state index in [-0.39, 0.29) is 12.2 Å². The van der Waals surface area contributed by atoms with Gasteiger partial charge in [-0.1, -0.05) is 55.4 Å². The summed E-state index contributed by atoms with van der Waals surface area (Å²) in [6, 6.07) is 0. The van der Waals surface area contributed by atoms with E-state index in [9.17, 15) is 10.2 Å². The molecule has 0 heterocycles. The highest BCUT2D eigenvalue weighted by Crippen LogP contribution is 2.48. The molecule has 0 aromatic rings. The fraction of sp³-hybridized carbons (Fsp3) is 1.00. The minimum absolute atomic E-state index is 0.310. The van der Waals surface area contributed by atoms with Crippen LogP contribution in [0.2, 0.25) is 0 Å². The molecule has 188 valence electrons. The zero-order chi connectivity index (χ0) is 23.9. The number of aliphatic hydroxyl groups is 2. The molecule has 2 fully saturated rings.